The lowest BCUT2D eigenvalue weighted by Crippen LogP contribution is -2.13. The highest BCUT2D eigenvalue weighted by Gasteiger charge is 2.21. The van der Waals surface area contributed by atoms with Crippen molar-refractivity contribution in [2.24, 2.45) is 5.92 Å². The van der Waals surface area contributed by atoms with E-state index in [1.54, 1.807) is 23.1 Å². The second kappa shape index (κ2) is 6.74. The Labute approximate surface area is 133 Å². The van der Waals surface area contributed by atoms with Gasteiger partial charge in [0.2, 0.25) is 11.0 Å². The van der Waals surface area contributed by atoms with Gasteiger partial charge in [0.05, 0.1) is 5.75 Å². The molecule has 0 amide bonds. The Morgan fingerprint density at radius 1 is 1.29 bits per heavy atom. The zero-order chi connectivity index (χ0) is 15.5. The molecule has 2 heterocycles. The minimum absolute atomic E-state index is 0.0942. The van der Waals surface area contributed by atoms with Crippen LogP contribution in [-0.2, 0) is 11.2 Å². The fraction of sp³-hybridized carbons (Fsp3) is 0.692. The zero-order valence-electron chi connectivity index (χ0n) is 13.0. The van der Waals surface area contributed by atoms with Crippen molar-refractivity contribution in [3.05, 3.63) is 11.7 Å². The van der Waals surface area contributed by atoms with E-state index in [0.717, 1.165) is 21.8 Å². The molecule has 1 N–H and O–H groups in total. The maximum absolute atomic E-state index is 5.26. The molecule has 6 nitrogen and oxygen atoms in total. The number of rotatable bonds is 6. The lowest BCUT2D eigenvalue weighted by molar-refractivity contribution is 0.373. The van der Waals surface area contributed by atoms with E-state index in [-0.39, 0.29) is 5.41 Å². The molecule has 0 aliphatic carbocycles. The topological polar surface area (TPSA) is 76.7 Å². The summed E-state index contributed by atoms with van der Waals surface area (Å²) in [6.07, 6.45) is 0. The van der Waals surface area contributed by atoms with Crippen LogP contribution in [0, 0.1) is 5.92 Å². The summed E-state index contributed by atoms with van der Waals surface area (Å²) in [5, 5.41) is 16.4. The van der Waals surface area contributed by atoms with E-state index >= 15 is 0 Å². The van der Waals surface area contributed by atoms with Gasteiger partial charge in [0.1, 0.15) is 0 Å². The molecule has 0 saturated heterocycles. The van der Waals surface area contributed by atoms with E-state index in [1.165, 1.54) is 0 Å². The van der Waals surface area contributed by atoms with Crippen LogP contribution in [0.5, 0.6) is 0 Å². The van der Waals surface area contributed by atoms with Crippen LogP contribution in [0.4, 0.5) is 5.13 Å². The number of anilines is 1. The summed E-state index contributed by atoms with van der Waals surface area (Å²) in [5.41, 5.74) is -0.0942. The molecule has 0 saturated carbocycles. The van der Waals surface area contributed by atoms with Gasteiger partial charge in [-0.2, -0.15) is 4.98 Å². The van der Waals surface area contributed by atoms with Crippen LogP contribution < -0.4 is 5.32 Å². The molecule has 0 fully saturated rings. The Balaban J connectivity index is 1.87. The number of nitrogens with zero attached hydrogens (tertiary/aromatic N) is 4. The Morgan fingerprint density at radius 3 is 2.67 bits per heavy atom. The van der Waals surface area contributed by atoms with E-state index in [1.807, 2.05) is 0 Å². The Bertz CT molecular complexity index is 573. The van der Waals surface area contributed by atoms with Crippen molar-refractivity contribution >= 4 is 28.2 Å². The Morgan fingerprint density at radius 2 is 2.05 bits per heavy atom. The normalized spacial score (nSPS) is 12.1. The van der Waals surface area contributed by atoms with Gasteiger partial charge in [-0.15, -0.1) is 10.2 Å². The maximum Gasteiger partial charge on any atom is 0.237 e. The molecule has 2 aromatic rings. The van der Waals surface area contributed by atoms with Crippen molar-refractivity contribution in [1.82, 2.24) is 20.3 Å². The van der Waals surface area contributed by atoms with Crippen LogP contribution in [0.25, 0.3) is 0 Å². The summed E-state index contributed by atoms with van der Waals surface area (Å²) < 4.78 is 6.16. The maximum atomic E-state index is 5.26. The molecule has 2 rings (SSSR count). The van der Waals surface area contributed by atoms with E-state index < -0.39 is 0 Å². The van der Waals surface area contributed by atoms with Gasteiger partial charge in [-0.3, -0.25) is 0 Å². The lowest BCUT2D eigenvalue weighted by Gasteiger charge is -2.10. The number of hydrogen-bond donors (Lipinski definition) is 1. The highest BCUT2D eigenvalue weighted by Crippen LogP contribution is 2.28. The van der Waals surface area contributed by atoms with Gasteiger partial charge in [-0.1, -0.05) is 62.9 Å². The van der Waals surface area contributed by atoms with Gasteiger partial charge in [-0.05, 0) is 5.92 Å². The second-order valence-electron chi connectivity index (χ2n) is 6.20. The van der Waals surface area contributed by atoms with Crippen LogP contribution in [0.3, 0.4) is 0 Å². The third-order valence-corrected chi connectivity index (χ3v) is 4.53. The fourth-order valence-corrected chi connectivity index (χ4v) is 2.97. The van der Waals surface area contributed by atoms with Crippen molar-refractivity contribution in [1.29, 1.82) is 0 Å². The van der Waals surface area contributed by atoms with Crippen LogP contribution in [0.15, 0.2) is 8.86 Å². The first-order valence-corrected chi connectivity index (χ1v) is 8.68. The number of nitrogens with one attached hydrogen (secondary N) is 1. The molecule has 0 aliphatic heterocycles. The van der Waals surface area contributed by atoms with Gasteiger partial charge in [0, 0.05) is 12.0 Å². The fourth-order valence-electron chi connectivity index (χ4n) is 1.37. The minimum atomic E-state index is -0.0942. The third-order valence-electron chi connectivity index (χ3n) is 2.53. The highest BCUT2D eigenvalue weighted by atomic mass is 32.2. The molecule has 116 valence electrons. The summed E-state index contributed by atoms with van der Waals surface area (Å²) >= 11 is 3.11. The van der Waals surface area contributed by atoms with Crippen LogP contribution in [0.2, 0.25) is 0 Å². The van der Waals surface area contributed by atoms with Crippen LogP contribution in [0.1, 0.15) is 46.3 Å². The van der Waals surface area contributed by atoms with Gasteiger partial charge >= 0.3 is 0 Å². The molecule has 0 radical (unpaired) electrons. The standard InChI is InChI=1S/C13H21N5OS2/c1-8(2)6-14-11-16-17-12(21-11)20-7-9-15-10(18-19-9)13(3,4)5/h8H,6-7H2,1-5H3,(H,14,16). The predicted octanol–water partition coefficient (Wildman–Crippen LogP) is 3.58. The monoisotopic (exact) mass is 327 g/mol. The largest absolute Gasteiger partial charge is 0.360 e. The first kappa shape index (κ1) is 16.2. The molecule has 0 bridgehead atoms. The van der Waals surface area contributed by atoms with Gasteiger partial charge in [0.25, 0.3) is 0 Å². The van der Waals surface area contributed by atoms with Crippen molar-refractivity contribution in [2.45, 2.75) is 50.1 Å². The van der Waals surface area contributed by atoms with E-state index in [9.17, 15) is 0 Å². The molecular weight excluding hydrogens is 306 g/mol. The van der Waals surface area contributed by atoms with Gasteiger partial charge in [0.15, 0.2) is 10.2 Å². The summed E-state index contributed by atoms with van der Waals surface area (Å²) in [7, 11) is 0. The molecule has 21 heavy (non-hydrogen) atoms. The van der Waals surface area contributed by atoms with Crippen molar-refractivity contribution in [2.75, 3.05) is 11.9 Å². The summed E-state index contributed by atoms with van der Waals surface area (Å²) in [5.74, 6) is 2.55. The summed E-state index contributed by atoms with van der Waals surface area (Å²) in [6.45, 7) is 11.4. The molecular formula is C13H21N5OS2. The van der Waals surface area contributed by atoms with E-state index in [0.29, 0.717) is 17.6 Å². The molecule has 0 spiro atoms. The zero-order valence-corrected chi connectivity index (χ0v) is 14.6. The predicted molar refractivity (Wildman–Crippen MR) is 85.8 cm³/mol. The Hall–Kier alpha value is -1.15. The molecule has 0 aromatic carbocycles. The van der Waals surface area contributed by atoms with E-state index in [4.69, 9.17) is 4.52 Å². The highest BCUT2D eigenvalue weighted by molar-refractivity contribution is 8.00. The SMILES string of the molecule is CC(C)CNc1nnc(SCc2nc(C(C)(C)C)no2)s1. The summed E-state index contributed by atoms with van der Waals surface area (Å²) in [6, 6.07) is 0. The van der Waals surface area contributed by atoms with Crippen molar-refractivity contribution < 1.29 is 4.52 Å². The Kier molecular flexibility index (Phi) is 5.21. The number of hydrogen-bond acceptors (Lipinski definition) is 8. The lowest BCUT2D eigenvalue weighted by atomic mass is 9.96. The van der Waals surface area contributed by atoms with Crippen LogP contribution in [-0.4, -0.2) is 26.9 Å². The third kappa shape index (κ3) is 4.96. The average molecular weight is 327 g/mol. The summed E-state index contributed by atoms with van der Waals surface area (Å²) in [4.78, 5) is 4.41. The minimum Gasteiger partial charge on any atom is -0.360 e. The molecule has 0 aliphatic rings. The van der Waals surface area contributed by atoms with Crippen molar-refractivity contribution in [3.8, 4) is 0 Å². The van der Waals surface area contributed by atoms with Crippen LogP contribution >= 0.6 is 23.1 Å². The smallest absolute Gasteiger partial charge is 0.237 e. The first-order chi connectivity index (χ1) is 9.84. The van der Waals surface area contributed by atoms with Gasteiger partial charge in [-0.25, -0.2) is 0 Å². The van der Waals surface area contributed by atoms with E-state index in [2.05, 4.69) is 60.3 Å². The molecule has 2 aromatic heterocycles. The second-order valence-corrected chi connectivity index (χ2v) is 8.40. The first-order valence-electron chi connectivity index (χ1n) is 6.88. The van der Waals surface area contributed by atoms with Gasteiger partial charge < -0.3 is 9.84 Å². The molecule has 0 unspecified atom stereocenters. The average Bonchev–Trinajstić information content (AvgIpc) is 3.02. The molecule has 8 heteroatoms. The van der Waals surface area contributed by atoms with Crippen molar-refractivity contribution in [3.63, 3.8) is 0 Å². The number of thioether (sulfide) groups is 1. The quantitative estimate of drug-likeness (QED) is 0.812. The number of aromatic nitrogens is 4. The molecule has 0 atom stereocenters.